The zero-order valence-electron chi connectivity index (χ0n) is 19.0. The predicted octanol–water partition coefficient (Wildman–Crippen LogP) is 4.78. The van der Waals surface area contributed by atoms with Crippen molar-refractivity contribution < 1.29 is 9.18 Å². The number of nitrogens with one attached hydrogen (secondary N) is 3. The van der Waals surface area contributed by atoms with Gasteiger partial charge in [0.25, 0.3) is 0 Å². The number of carbonyl (C=O) groups is 1. The highest BCUT2D eigenvalue weighted by molar-refractivity contribution is 6.35. The largest absolute Gasteiger partial charge is 0.362 e. The van der Waals surface area contributed by atoms with Gasteiger partial charge in [-0.15, -0.1) is 0 Å². The number of anilines is 2. The molecule has 2 aliphatic heterocycles. The quantitative estimate of drug-likeness (QED) is 0.499. The minimum absolute atomic E-state index is 0.0824. The summed E-state index contributed by atoms with van der Waals surface area (Å²) < 4.78 is 15.0. The second kappa shape index (κ2) is 10.8. The highest BCUT2D eigenvalue weighted by atomic mass is 35.5. The van der Waals surface area contributed by atoms with E-state index in [2.05, 4.69) is 25.9 Å². The summed E-state index contributed by atoms with van der Waals surface area (Å²) in [6, 6.07) is 4.61. The van der Waals surface area contributed by atoms with E-state index in [1.165, 1.54) is 6.20 Å². The number of halogens is 4. The summed E-state index contributed by atoms with van der Waals surface area (Å²) in [7, 11) is 0. The lowest BCUT2D eigenvalue weighted by Crippen LogP contribution is -2.55. The Morgan fingerprint density at radius 2 is 2.03 bits per heavy atom. The predicted molar refractivity (Wildman–Crippen MR) is 135 cm³/mol. The number of piperidine rings is 1. The number of amides is 1. The molecule has 1 aromatic carbocycles. The van der Waals surface area contributed by atoms with E-state index in [1.807, 2.05) is 19.9 Å². The molecule has 5 atom stereocenters. The maximum Gasteiger partial charge on any atom is 0.237 e. The zero-order valence-corrected chi connectivity index (χ0v) is 21.3. The van der Waals surface area contributed by atoms with E-state index in [9.17, 15) is 9.18 Å². The number of hydrogen-bond acceptors (Lipinski definition) is 6. The average molecular weight is 530 g/mol. The van der Waals surface area contributed by atoms with Gasteiger partial charge in [-0.25, -0.2) is 9.37 Å². The Kier molecular flexibility index (Phi) is 8.02. The monoisotopic (exact) mass is 528 g/mol. The van der Waals surface area contributed by atoms with Gasteiger partial charge in [-0.1, -0.05) is 40.9 Å². The molecule has 1 aromatic heterocycles. The van der Waals surface area contributed by atoms with Crippen LogP contribution >= 0.6 is 34.8 Å². The molecule has 0 saturated carbocycles. The molecule has 184 valence electrons. The molecule has 4 rings (SSSR count). The molecule has 3 heterocycles. The highest BCUT2D eigenvalue weighted by Crippen LogP contribution is 2.31. The fourth-order valence-electron chi connectivity index (χ4n) is 4.41. The molecular formula is C23H28Cl3FN6O. The van der Waals surface area contributed by atoms with Gasteiger partial charge in [0.05, 0.1) is 30.9 Å². The van der Waals surface area contributed by atoms with Crippen molar-refractivity contribution in [3.05, 3.63) is 45.0 Å². The molecule has 2 saturated heterocycles. The Labute approximate surface area is 213 Å². The van der Waals surface area contributed by atoms with Crippen molar-refractivity contribution in [1.82, 2.24) is 20.6 Å². The molecule has 2 aliphatic rings. The van der Waals surface area contributed by atoms with E-state index >= 15 is 0 Å². The fourth-order valence-corrected chi connectivity index (χ4v) is 5.13. The first kappa shape index (κ1) is 25.2. The molecule has 34 heavy (non-hydrogen) atoms. The molecule has 0 bridgehead atoms. The van der Waals surface area contributed by atoms with Crippen molar-refractivity contribution >= 4 is 52.5 Å². The number of alkyl halides is 1. The lowest BCUT2D eigenvalue weighted by Gasteiger charge is -2.35. The van der Waals surface area contributed by atoms with Crippen LogP contribution in [0, 0.1) is 0 Å². The van der Waals surface area contributed by atoms with E-state index in [1.54, 1.807) is 17.0 Å². The second-order valence-corrected chi connectivity index (χ2v) is 10.2. The van der Waals surface area contributed by atoms with Crippen LogP contribution in [0.5, 0.6) is 0 Å². The van der Waals surface area contributed by atoms with Crippen LogP contribution in [-0.2, 0) is 4.79 Å². The van der Waals surface area contributed by atoms with Gasteiger partial charge < -0.3 is 20.9 Å². The normalized spacial score (nSPS) is 25.8. The van der Waals surface area contributed by atoms with Crippen LogP contribution in [0.4, 0.5) is 16.2 Å². The minimum atomic E-state index is -1.24. The second-order valence-electron chi connectivity index (χ2n) is 8.96. The van der Waals surface area contributed by atoms with Crippen LogP contribution in [0.2, 0.25) is 15.1 Å². The summed E-state index contributed by atoms with van der Waals surface area (Å²) >= 11 is 18.6. The topological polar surface area (TPSA) is 82.2 Å². The first-order valence-corrected chi connectivity index (χ1v) is 12.5. The van der Waals surface area contributed by atoms with Crippen molar-refractivity contribution in [1.29, 1.82) is 0 Å². The first-order valence-electron chi connectivity index (χ1n) is 11.4. The third-order valence-electron chi connectivity index (χ3n) is 6.36. The number of carbonyl (C=O) groups excluding carboxylic acids is 1. The average Bonchev–Trinajstić information content (AvgIpc) is 3.23. The Morgan fingerprint density at radius 3 is 2.71 bits per heavy atom. The zero-order chi connectivity index (χ0) is 24.4. The van der Waals surface area contributed by atoms with Gasteiger partial charge in [-0.2, -0.15) is 4.98 Å². The van der Waals surface area contributed by atoms with Crippen molar-refractivity contribution in [2.75, 3.05) is 23.3 Å². The number of aromatic nitrogens is 2. The van der Waals surface area contributed by atoms with Crippen molar-refractivity contribution in [3.63, 3.8) is 0 Å². The summed E-state index contributed by atoms with van der Waals surface area (Å²) in [4.78, 5) is 23.1. The molecule has 11 heteroatoms. The highest BCUT2D eigenvalue weighted by Gasteiger charge is 2.34. The summed E-state index contributed by atoms with van der Waals surface area (Å²) in [6.45, 7) is 4.57. The van der Waals surface area contributed by atoms with Crippen LogP contribution in [0.25, 0.3) is 0 Å². The third kappa shape index (κ3) is 5.85. The molecular weight excluding hydrogens is 502 g/mol. The summed E-state index contributed by atoms with van der Waals surface area (Å²) in [5, 5.41) is 10.8. The maximum atomic E-state index is 15.0. The Bertz CT molecular complexity index is 1040. The molecule has 2 aromatic rings. The van der Waals surface area contributed by atoms with Crippen LogP contribution in [0.3, 0.4) is 0 Å². The Morgan fingerprint density at radius 1 is 1.24 bits per heavy atom. The number of rotatable bonds is 6. The minimum Gasteiger partial charge on any atom is -0.362 e. The Hall–Kier alpha value is -1.87. The van der Waals surface area contributed by atoms with Gasteiger partial charge >= 0.3 is 0 Å². The summed E-state index contributed by atoms with van der Waals surface area (Å²) in [5.74, 6) is 0.673. The SMILES string of the molecule is CC(Nc1nc(N2CC[C@H](NC(=O)[C@H]3CC[C@H](C)N3)[C@@H](F)C2)ncc1Cl)c1ccc(Cl)cc1Cl. The summed E-state index contributed by atoms with van der Waals surface area (Å²) in [5.41, 5.74) is 0.841. The number of hydrogen-bond donors (Lipinski definition) is 3. The van der Waals surface area contributed by atoms with E-state index in [4.69, 9.17) is 34.8 Å². The van der Waals surface area contributed by atoms with Crippen LogP contribution in [-0.4, -0.2) is 53.3 Å². The molecule has 0 radical (unpaired) electrons. The number of benzene rings is 1. The molecule has 0 aliphatic carbocycles. The molecule has 0 spiro atoms. The van der Waals surface area contributed by atoms with Crippen molar-refractivity contribution in [2.24, 2.45) is 0 Å². The molecule has 2 fully saturated rings. The maximum absolute atomic E-state index is 15.0. The van der Waals surface area contributed by atoms with Gasteiger partial charge in [-0.3, -0.25) is 4.79 Å². The molecule has 1 unspecified atom stereocenters. The summed E-state index contributed by atoms with van der Waals surface area (Å²) in [6.07, 6.45) is 2.44. The lowest BCUT2D eigenvalue weighted by molar-refractivity contribution is -0.124. The van der Waals surface area contributed by atoms with E-state index in [0.717, 1.165) is 18.4 Å². The molecule has 7 nitrogen and oxygen atoms in total. The van der Waals surface area contributed by atoms with E-state index in [-0.39, 0.29) is 24.5 Å². The van der Waals surface area contributed by atoms with Gasteiger partial charge in [0, 0.05) is 22.6 Å². The van der Waals surface area contributed by atoms with E-state index in [0.29, 0.717) is 45.8 Å². The fraction of sp³-hybridized carbons (Fsp3) is 0.522. The van der Waals surface area contributed by atoms with Crippen LogP contribution in [0.15, 0.2) is 24.4 Å². The van der Waals surface area contributed by atoms with E-state index < -0.39 is 12.2 Å². The smallest absolute Gasteiger partial charge is 0.237 e. The van der Waals surface area contributed by atoms with Crippen LogP contribution < -0.4 is 20.9 Å². The van der Waals surface area contributed by atoms with Gasteiger partial charge in [0.15, 0.2) is 5.82 Å². The number of nitrogens with zero attached hydrogens (tertiary/aromatic N) is 3. The standard InChI is InChI=1S/C23H28Cl3FN6O/c1-12-3-6-20(29-12)22(34)31-19-7-8-33(11-18(19)27)23-28-10-17(26)21(32-23)30-13(2)15-5-4-14(24)9-16(15)25/h4-5,9-10,12-13,18-20,29H,3,6-8,11H2,1-2H3,(H,31,34)(H,28,30,32)/t12-,13?,18-,19-,20+/m0/s1. The lowest BCUT2D eigenvalue weighted by atomic mass is 10.0. The van der Waals surface area contributed by atoms with Gasteiger partial charge in [-0.05, 0) is 50.8 Å². The Balaban J connectivity index is 1.39. The first-order chi connectivity index (χ1) is 16.2. The van der Waals surface area contributed by atoms with Crippen molar-refractivity contribution in [3.8, 4) is 0 Å². The van der Waals surface area contributed by atoms with Crippen LogP contribution in [0.1, 0.15) is 44.7 Å². The molecule has 3 N–H and O–H groups in total. The molecule has 1 amide bonds. The third-order valence-corrected chi connectivity index (χ3v) is 7.20. The van der Waals surface area contributed by atoms with Gasteiger partial charge in [0.1, 0.15) is 11.2 Å². The van der Waals surface area contributed by atoms with Gasteiger partial charge in [0.2, 0.25) is 11.9 Å². The van der Waals surface area contributed by atoms with Crippen molar-refractivity contribution in [2.45, 2.75) is 63.4 Å².